The van der Waals surface area contributed by atoms with Gasteiger partial charge in [-0.05, 0) is 40.5 Å². The van der Waals surface area contributed by atoms with Gasteiger partial charge in [-0.15, -0.1) is 22.9 Å². The van der Waals surface area contributed by atoms with Gasteiger partial charge in [0.15, 0.2) is 0 Å². The molecule has 0 radical (unpaired) electrons. The van der Waals surface area contributed by atoms with Crippen molar-refractivity contribution in [3.05, 3.63) is 55.1 Å². The first-order chi connectivity index (χ1) is 8.49. The smallest absolute Gasteiger partial charge is 0.129 e. The zero-order valence-electron chi connectivity index (χ0n) is 8.89. The Labute approximate surface area is 126 Å². The van der Waals surface area contributed by atoms with Gasteiger partial charge in [0.2, 0.25) is 0 Å². The van der Waals surface area contributed by atoms with Crippen LogP contribution in [0.25, 0.3) is 0 Å². The molecule has 0 aliphatic rings. The molecule has 6 heteroatoms. The van der Waals surface area contributed by atoms with Crippen molar-refractivity contribution in [2.45, 2.75) is 11.8 Å². The van der Waals surface area contributed by atoms with E-state index in [1.54, 1.807) is 6.07 Å². The van der Waals surface area contributed by atoms with Crippen LogP contribution in [0.1, 0.15) is 15.8 Å². The summed E-state index contributed by atoms with van der Waals surface area (Å²) in [6.45, 7) is 0. The third kappa shape index (κ3) is 3.05. The molecule has 1 unspecified atom stereocenters. The highest BCUT2D eigenvalue weighted by atomic mass is 79.9. The zero-order chi connectivity index (χ0) is 13.3. The van der Waals surface area contributed by atoms with Crippen LogP contribution in [0, 0.1) is 11.6 Å². The van der Waals surface area contributed by atoms with E-state index in [2.05, 4.69) is 15.9 Å². The van der Waals surface area contributed by atoms with E-state index in [0.29, 0.717) is 5.02 Å². The van der Waals surface area contributed by atoms with Crippen LogP contribution in [0.2, 0.25) is 5.02 Å². The second kappa shape index (κ2) is 5.87. The number of hydrogen-bond donors (Lipinski definition) is 0. The molecule has 0 bridgehead atoms. The molecule has 0 aliphatic carbocycles. The summed E-state index contributed by atoms with van der Waals surface area (Å²) in [7, 11) is 0. The number of hydrogen-bond acceptors (Lipinski definition) is 1. The second-order valence-electron chi connectivity index (χ2n) is 3.64. The predicted octanol–water partition coefficient (Wildman–Crippen LogP) is 5.96. The standard InChI is InChI=1S/C12H7BrCl2F2S/c13-12-8(15)5-11(18-12)7(14)4-6-9(16)2-1-3-10(6)17/h1-3,5,7H,4H2. The van der Waals surface area contributed by atoms with Crippen molar-refractivity contribution in [1.29, 1.82) is 0 Å². The van der Waals surface area contributed by atoms with Crippen molar-refractivity contribution >= 4 is 50.5 Å². The van der Waals surface area contributed by atoms with Crippen molar-refractivity contribution in [3.63, 3.8) is 0 Å². The van der Waals surface area contributed by atoms with E-state index in [1.165, 1.54) is 29.5 Å². The highest BCUT2D eigenvalue weighted by molar-refractivity contribution is 9.11. The Bertz CT molecular complexity index is 531. The van der Waals surface area contributed by atoms with Crippen LogP contribution in [0.5, 0.6) is 0 Å². The highest BCUT2D eigenvalue weighted by Crippen LogP contribution is 2.39. The van der Waals surface area contributed by atoms with Crippen LogP contribution in [-0.4, -0.2) is 0 Å². The molecule has 1 heterocycles. The molecule has 1 aromatic carbocycles. The molecule has 96 valence electrons. The minimum atomic E-state index is -0.581. The van der Waals surface area contributed by atoms with Crippen molar-refractivity contribution in [2.24, 2.45) is 0 Å². The lowest BCUT2D eigenvalue weighted by molar-refractivity contribution is 0.553. The van der Waals surface area contributed by atoms with Crippen molar-refractivity contribution in [1.82, 2.24) is 0 Å². The quantitative estimate of drug-likeness (QED) is 0.583. The summed E-state index contributed by atoms with van der Waals surface area (Å²) >= 11 is 16.7. The molecule has 0 aliphatic heterocycles. The van der Waals surface area contributed by atoms with Crippen molar-refractivity contribution < 1.29 is 8.78 Å². The Morgan fingerprint density at radius 1 is 1.28 bits per heavy atom. The van der Waals surface area contributed by atoms with Gasteiger partial charge in [0, 0.05) is 10.4 Å². The topological polar surface area (TPSA) is 0 Å². The molecule has 1 aromatic heterocycles. The van der Waals surface area contributed by atoms with Crippen LogP contribution >= 0.6 is 50.5 Å². The van der Waals surface area contributed by atoms with E-state index < -0.39 is 17.0 Å². The summed E-state index contributed by atoms with van der Waals surface area (Å²) < 4.78 is 27.7. The molecule has 0 fully saturated rings. The Morgan fingerprint density at radius 2 is 1.89 bits per heavy atom. The van der Waals surface area contributed by atoms with E-state index in [0.717, 1.165) is 8.66 Å². The summed E-state index contributed by atoms with van der Waals surface area (Å²) in [5.41, 5.74) is -0.00172. The van der Waals surface area contributed by atoms with E-state index in [-0.39, 0.29) is 12.0 Å². The van der Waals surface area contributed by atoms with Gasteiger partial charge in [-0.3, -0.25) is 0 Å². The van der Waals surface area contributed by atoms with Crippen molar-refractivity contribution in [3.8, 4) is 0 Å². The maximum atomic E-state index is 13.5. The van der Waals surface area contributed by atoms with Gasteiger partial charge in [-0.1, -0.05) is 17.7 Å². The van der Waals surface area contributed by atoms with Crippen LogP contribution in [0.15, 0.2) is 28.1 Å². The molecular weight excluding hydrogens is 365 g/mol. The van der Waals surface area contributed by atoms with E-state index in [1.807, 2.05) is 0 Å². The van der Waals surface area contributed by atoms with E-state index in [9.17, 15) is 8.78 Å². The fourth-order valence-electron chi connectivity index (χ4n) is 1.52. The summed E-state index contributed by atoms with van der Waals surface area (Å²) in [5, 5.41) is 0.0415. The first-order valence-electron chi connectivity index (χ1n) is 5.00. The van der Waals surface area contributed by atoms with Gasteiger partial charge in [-0.25, -0.2) is 8.78 Å². The zero-order valence-corrected chi connectivity index (χ0v) is 12.8. The average molecular weight is 372 g/mol. The van der Waals surface area contributed by atoms with Crippen LogP contribution < -0.4 is 0 Å². The predicted molar refractivity (Wildman–Crippen MR) is 75.7 cm³/mol. The first kappa shape index (κ1) is 14.3. The van der Waals surface area contributed by atoms with Gasteiger partial charge in [0.1, 0.15) is 11.6 Å². The third-order valence-electron chi connectivity index (χ3n) is 2.42. The van der Waals surface area contributed by atoms with Gasteiger partial charge in [0.25, 0.3) is 0 Å². The van der Waals surface area contributed by atoms with E-state index in [4.69, 9.17) is 23.2 Å². The number of halogens is 5. The van der Waals surface area contributed by atoms with Gasteiger partial charge < -0.3 is 0 Å². The van der Waals surface area contributed by atoms with Gasteiger partial charge in [-0.2, -0.15) is 0 Å². The molecule has 2 aromatic rings. The Balaban J connectivity index is 2.23. The normalized spacial score (nSPS) is 12.7. The summed E-state index contributed by atoms with van der Waals surface area (Å²) in [6, 6.07) is 5.47. The number of alkyl halides is 1. The molecule has 0 saturated carbocycles. The Kier molecular flexibility index (Phi) is 4.64. The molecule has 18 heavy (non-hydrogen) atoms. The van der Waals surface area contributed by atoms with E-state index >= 15 is 0 Å². The Morgan fingerprint density at radius 3 is 2.39 bits per heavy atom. The molecule has 0 N–H and O–H groups in total. The third-order valence-corrected chi connectivity index (χ3v) is 5.53. The van der Waals surface area contributed by atoms with Crippen LogP contribution in [0.3, 0.4) is 0 Å². The van der Waals surface area contributed by atoms with Gasteiger partial charge >= 0.3 is 0 Å². The number of benzene rings is 1. The van der Waals surface area contributed by atoms with Gasteiger partial charge in [0.05, 0.1) is 14.2 Å². The van der Waals surface area contributed by atoms with Crippen LogP contribution in [0.4, 0.5) is 8.78 Å². The average Bonchev–Trinajstić information content (AvgIpc) is 2.64. The molecule has 0 spiro atoms. The summed E-state index contributed by atoms with van der Waals surface area (Å²) in [6.07, 6.45) is 0.0867. The fraction of sp³-hybridized carbons (Fsp3) is 0.167. The molecule has 0 nitrogen and oxygen atoms in total. The Hall–Kier alpha value is -0.160. The SMILES string of the molecule is Fc1cccc(F)c1CC(Cl)c1cc(Cl)c(Br)s1. The van der Waals surface area contributed by atoms with Crippen LogP contribution in [-0.2, 0) is 6.42 Å². The summed E-state index contributed by atoms with van der Waals surface area (Å²) in [5.74, 6) is -1.16. The lowest BCUT2D eigenvalue weighted by atomic mass is 10.1. The molecule has 2 rings (SSSR count). The number of thiophene rings is 1. The molecule has 0 saturated heterocycles. The maximum absolute atomic E-state index is 13.5. The summed E-state index contributed by atoms with van der Waals surface area (Å²) in [4.78, 5) is 0.774. The molecule has 0 amide bonds. The lowest BCUT2D eigenvalue weighted by Crippen LogP contribution is -2.00. The minimum Gasteiger partial charge on any atom is -0.207 e. The highest BCUT2D eigenvalue weighted by Gasteiger charge is 2.18. The molecule has 1 atom stereocenters. The largest absolute Gasteiger partial charge is 0.207 e. The van der Waals surface area contributed by atoms with Crippen molar-refractivity contribution in [2.75, 3.05) is 0 Å². The number of rotatable bonds is 3. The fourth-order valence-corrected chi connectivity index (χ4v) is 3.60. The minimum absolute atomic E-state index is 0.00172. The maximum Gasteiger partial charge on any atom is 0.129 e. The molecular formula is C12H7BrCl2F2S. The lowest BCUT2D eigenvalue weighted by Gasteiger charge is -2.09. The second-order valence-corrected chi connectivity index (χ2v) is 6.98. The monoisotopic (exact) mass is 370 g/mol. The first-order valence-corrected chi connectivity index (χ1v) is 7.43.